The lowest BCUT2D eigenvalue weighted by Crippen LogP contribution is -2.42. The molecule has 0 bridgehead atoms. The number of alkyl halides is 2. The van der Waals surface area contributed by atoms with Gasteiger partial charge in [-0.1, -0.05) is 30.3 Å². The first-order valence-electron chi connectivity index (χ1n) is 8.75. The van der Waals surface area contributed by atoms with E-state index in [4.69, 9.17) is 15.6 Å². The lowest BCUT2D eigenvalue weighted by Gasteiger charge is -2.21. The van der Waals surface area contributed by atoms with E-state index in [9.17, 15) is 23.5 Å². The van der Waals surface area contributed by atoms with E-state index in [0.29, 0.717) is 4.57 Å². The number of hydrogen-bond acceptors (Lipinski definition) is 7. The molecule has 1 saturated heterocycles. The molecule has 0 radical (unpaired) electrons. The largest absolute Gasteiger partial charge is 0.394 e. The van der Waals surface area contributed by atoms with Crippen molar-refractivity contribution in [3.8, 4) is 0 Å². The van der Waals surface area contributed by atoms with E-state index in [1.54, 1.807) is 12.1 Å². The summed E-state index contributed by atoms with van der Waals surface area (Å²) in [5, 5.41) is 20.9. The molecule has 2 heterocycles. The van der Waals surface area contributed by atoms with E-state index < -0.39 is 48.6 Å². The molecule has 0 aliphatic carbocycles. The number of nitrogens with zero attached hydrogens (tertiary/aromatic N) is 2. The number of aliphatic hydroxyl groups is 2. The van der Waals surface area contributed by atoms with Crippen LogP contribution in [0, 0.1) is 0 Å². The first-order chi connectivity index (χ1) is 13.7. The van der Waals surface area contributed by atoms with Crippen LogP contribution in [0.4, 0.5) is 14.6 Å². The minimum absolute atomic E-state index is 0.166. The van der Waals surface area contributed by atoms with Gasteiger partial charge in [-0.15, -0.1) is 0 Å². The van der Waals surface area contributed by atoms with Gasteiger partial charge in [0.2, 0.25) is 12.1 Å². The highest BCUT2D eigenvalue weighted by molar-refractivity contribution is 5.93. The zero-order valence-corrected chi connectivity index (χ0v) is 15.1. The molecule has 1 aromatic carbocycles. The molecule has 5 N–H and O–H groups in total. The molecule has 4 atom stereocenters. The van der Waals surface area contributed by atoms with Crippen LogP contribution in [0.5, 0.6) is 0 Å². The minimum atomic E-state index is -3.82. The lowest BCUT2D eigenvalue weighted by molar-refractivity contribution is -0.141. The number of anilines is 1. The Bertz CT molecular complexity index is 924. The number of carbonyl (C=O) groups is 1. The van der Waals surface area contributed by atoms with Crippen molar-refractivity contribution in [3.63, 3.8) is 0 Å². The number of nitrogens with one attached hydrogen (secondary N) is 1. The average molecular weight is 410 g/mol. The molecule has 1 unspecified atom stereocenters. The van der Waals surface area contributed by atoms with Crippen LogP contribution in [0.25, 0.3) is 0 Å². The molecule has 29 heavy (non-hydrogen) atoms. The van der Waals surface area contributed by atoms with Crippen molar-refractivity contribution in [1.82, 2.24) is 9.55 Å². The molecule has 1 fully saturated rings. The second-order valence-electron chi connectivity index (χ2n) is 6.62. The third kappa shape index (κ3) is 4.32. The van der Waals surface area contributed by atoms with Crippen molar-refractivity contribution in [1.29, 1.82) is 0 Å². The summed E-state index contributed by atoms with van der Waals surface area (Å²) in [6.07, 6.45) is -4.75. The van der Waals surface area contributed by atoms with E-state index >= 15 is 0 Å². The topological polar surface area (TPSA) is 140 Å². The normalized spacial score (nSPS) is 24.2. The monoisotopic (exact) mass is 410 g/mol. The second kappa shape index (κ2) is 8.33. The van der Waals surface area contributed by atoms with Gasteiger partial charge in [0.1, 0.15) is 11.9 Å². The molecular weight excluding hydrogens is 390 g/mol. The zero-order valence-electron chi connectivity index (χ0n) is 15.1. The highest BCUT2D eigenvalue weighted by Gasteiger charge is 2.59. The number of halogens is 2. The SMILES string of the molecule is NC(Cc1ccccc1)C(=O)Nc1ccn([C@H]2O[C@@H](CO)[C@H](O)C2(F)F)c(=O)n1. The minimum Gasteiger partial charge on any atom is -0.394 e. The van der Waals surface area contributed by atoms with E-state index in [1.165, 1.54) is 0 Å². The number of ether oxygens (including phenoxy) is 1. The van der Waals surface area contributed by atoms with Crippen LogP contribution in [0.1, 0.15) is 11.8 Å². The number of benzene rings is 1. The van der Waals surface area contributed by atoms with Gasteiger partial charge in [0.05, 0.1) is 12.6 Å². The molecule has 1 aromatic heterocycles. The summed E-state index contributed by atoms with van der Waals surface area (Å²) in [4.78, 5) is 27.9. The van der Waals surface area contributed by atoms with Gasteiger partial charge in [-0.25, -0.2) is 4.79 Å². The standard InChI is InChI=1S/C18H20F2N4O5/c19-18(20)14(26)12(9-25)29-16(18)24-7-6-13(23-17(24)28)22-15(27)11(21)8-10-4-2-1-3-5-10/h1-7,11-12,14,16,25-26H,8-9,21H2,(H,22,23,27,28)/t11?,12-,14-,16-/m0/s1. The summed E-state index contributed by atoms with van der Waals surface area (Å²) < 4.78 is 33.7. The molecule has 9 nitrogen and oxygen atoms in total. The molecule has 11 heteroatoms. The van der Waals surface area contributed by atoms with Crippen molar-refractivity contribution in [2.24, 2.45) is 5.73 Å². The highest BCUT2D eigenvalue weighted by atomic mass is 19.3. The van der Waals surface area contributed by atoms with Gasteiger partial charge < -0.3 is 26.0 Å². The van der Waals surface area contributed by atoms with E-state index in [1.807, 2.05) is 18.2 Å². The fourth-order valence-electron chi connectivity index (χ4n) is 2.96. The number of aromatic nitrogens is 2. The van der Waals surface area contributed by atoms with Crippen LogP contribution < -0.4 is 16.7 Å². The van der Waals surface area contributed by atoms with E-state index in [-0.39, 0.29) is 12.2 Å². The maximum absolute atomic E-state index is 14.2. The summed E-state index contributed by atoms with van der Waals surface area (Å²) in [7, 11) is 0. The predicted octanol–water partition coefficient (Wildman–Crippen LogP) is -0.362. The van der Waals surface area contributed by atoms with E-state index in [0.717, 1.165) is 17.8 Å². The van der Waals surface area contributed by atoms with Gasteiger partial charge >= 0.3 is 11.6 Å². The van der Waals surface area contributed by atoms with Gasteiger partial charge in [-0.3, -0.25) is 9.36 Å². The molecule has 156 valence electrons. The van der Waals surface area contributed by atoms with Crippen molar-refractivity contribution in [2.45, 2.75) is 36.8 Å². The van der Waals surface area contributed by atoms with Gasteiger partial charge in [0.25, 0.3) is 0 Å². The molecule has 2 aromatic rings. The fourth-order valence-corrected chi connectivity index (χ4v) is 2.96. The maximum Gasteiger partial charge on any atom is 0.351 e. The Morgan fingerprint density at radius 2 is 2.03 bits per heavy atom. The van der Waals surface area contributed by atoms with Gasteiger partial charge in [0, 0.05) is 6.20 Å². The number of nitrogens with two attached hydrogens (primary N) is 1. The Hall–Kier alpha value is -2.73. The summed E-state index contributed by atoms with van der Waals surface area (Å²) in [5.41, 5.74) is 5.57. The summed E-state index contributed by atoms with van der Waals surface area (Å²) >= 11 is 0. The first-order valence-corrected chi connectivity index (χ1v) is 8.75. The molecule has 1 aliphatic heterocycles. The molecule has 3 rings (SSSR count). The smallest absolute Gasteiger partial charge is 0.351 e. The quantitative estimate of drug-likeness (QED) is 0.510. The third-order valence-electron chi connectivity index (χ3n) is 4.53. The average Bonchev–Trinajstić information content (AvgIpc) is 2.92. The number of aliphatic hydroxyl groups excluding tert-OH is 2. The molecular formula is C18H20F2N4O5. The number of carbonyl (C=O) groups excluding carboxylic acids is 1. The Kier molecular flexibility index (Phi) is 6.03. The van der Waals surface area contributed by atoms with Crippen molar-refractivity contribution < 1.29 is 28.5 Å². The van der Waals surface area contributed by atoms with Gasteiger partial charge in [0.15, 0.2) is 6.10 Å². The maximum atomic E-state index is 14.2. The molecule has 0 spiro atoms. The van der Waals surface area contributed by atoms with E-state index in [2.05, 4.69) is 10.3 Å². The Balaban J connectivity index is 1.71. The number of hydrogen-bond donors (Lipinski definition) is 4. The Labute approximate surface area is 163 Å². The van der Waals surface area contributed by atoms with Crippen LogP contribution >= 0.6 is 0 Å². The fraction of sp³-hybridized carbons (Fsp3) is 0.389. The third-order valence-corrected chi connectivity index (χ3v) is 4.53. The van der Waals surface area contributed by atoms with Crippen LogP contribution in [0.2, 0.25) is 0 Å². The van der Waals surface area contributed by atoms with Gasteiger partial charge in [-0.05, 0) is 18.1 Å². The molecule has 1 amide bonds. The van der Waals surface area contributed by atoms with Crippen molar-refractivity contribution in [3.05, 3.63) is 58.6 Å². The molecule has 1 aliphatic rings. The van der Waals surface area contributed by atoms with Crippen LogP contribution in [0.3, 0.4) is 0 Å². The summed E-state index contributed by atoms with van der Waals surface area (Å²) in [6.45, 7) is -0.844. The van der Waals surface area contributed by atoms with Crippen LogP contribution in [-0.2, 0) is 16.0 Å². The Morgan fingerprint density at radius 1 is 1.34 bits per heavy atom. The lowest BCUT2D eigenvalue weighted by atomic mass is 10.1. The Morgan fingerprint density at radius 3 is 2.62 bits per heavy atom. The van der Waals surface area contributed by atoms with Crippen molar-refractivity contribution in [2.75, 3.05) is 11.9 Å². The number of amides is 1. The second-order valence-corrected chi connectivity index (χ2v) is 6.62. The van der Waals surface area contributed by atoms with Crippen LogP contribution in [0.15, 0.2) is 47.4 Å². The highest BCUT2D eigenvalue weighted by Crippen LogP contribution is 2.41. The van der Waals surface area contributed by atoms with Crippen LogP contribution in [-0.4, -0.2) is 56.5 Å². The summed E-state index contributed by atoms with van der Waals surface area (Å²) in [5.74, 6) is -4.58. The zero-order chi connectivity index (χ0) is 21.2. The number of rotatable bonds is 6. The summed E-state index contributed by atoms with van der Waals surface area (Å²) in [6, 6.07) is 9.27. The predicted molar refractivity (Wildman–Crippen MR) is 97.2 cm³/mol. The molecule has 0 saturated carbocycles. The van der Waals surface area contributed by atoms with Gasteiger partial charge in [-0.2, -0.15) is 13.8 Å². The first kappa shape index (κ1) is 21.0. The van der Waals surface area contributed by atoms with Crippen molar-refractivity contribution >= 4 is 11.7 Å².